The summed E-state index contributed by atoms with van der Waals surface area (Å²) in [6.45, 7) is 1.46. The van der Waals surface area contributed by atoms with E-state index in [1.54, 1.807) is 13.0 Å². The summed E-state index contributed by atoms with van der Waals surface area (Å²) in [5.74, 6) is -2.75. The third kappa shape index (κ3) is 3.00. The van der Waals surface area contributed by atoms with Gasteiger partial charge >= 0.3 is 0 Å². The Kier molecular flexibility index (Phi) is 3.10. The monoisotopic (exact) mass is 245 g/mol. The van der Waals surface area contributed by atoms with Crippen molar-refractivity contribution in [3.63, 3.8) is 0 Å². The van der Waals surface area contributed by atoms with Gasteiger partial charge in [0.05, 0.1) is 24.8 Å². The summed E-state index contributed by atoms with van der Waals surface area (Å²) in [5.41, 5.74) is 0.708. The van der Waals surface area contributed by atoms with Crippen LogP contribution in [0.4, 0.5) is 8.78 Å². The number of halogens is 2. The number of nitrogens with zero attached hydrogens (tertiary/aromatic N) is 1. The molecule has 7 heteroatoms. The molecule has 94 valence electrons. The lowest BCUT2D eigenvalue weighted by molar-refractivity contribution is -0.123. The van der Waals surface area contributed by atoms with E-state index in [1.165, 1.54) is 0 Å². The van der Waals surface area contributed by atoms with Crippen molar-refractivity contribution in [3.8, 4) is 0 Å². The van der Waals surface area contributed by atoms with Crippen LogP contribution in [-0.2, 0) is 11.3 Å². The van der Waals surface area contributed by atoms with Gasteiger partial charge in [-0.3, -0.25) is 10.1 Å². The minimum absolute atomic E-state index is 0.156. The highest BCUT2D eigenvalue weighted by Gasteiger charge is 2.42. The lowest BCUT2D eigenvalue weighted by Gasteiger charge is -2.09. The van der Waals surface area contributed by atoms with Crippen LogP contribution in [0.1, 0.15) is 17.9 Å². The summed E-state index contributed by atoms with van der Waals surface area (Å²) in [5, 5.41) is 8.66. The summed E-state index contributed by atoms with van der Waals surface area (Å²) < 4.78 is 30.6. The summed E-state index contributed by atoms with van der Waals surface area (Å²) in [6.07, 6.45) is -0.464. The van der Waals surface area contributed by atoms with Crippen molar-refractivity contribution in [1.82, 2.24) is 15.8 Å². The maximum Gasteiger partial charge on any atom is 0.262 e. The number of amides is 1. The van der Waals surface area contributed by atoms with E-state index in [4.69, 9.17) is 4.52 Å². The normalized spacial score (nSPS) is 22.6. The molecule has 1 atom stereocenters. The number of aromatic nitrogens is 1. The van der Waals surface area contributed by atoms with E-state index in [0.29, 0.717) is 11.5 Å². The fourth-order valence-corrected chi connectivity index (χ4v) is 1.70. The lowest BCUT2D eigenvalue weighted by atomic mass is 10.2. The van der Waals surface area contributed by atoms with E-state index < -0.39 is 30.8 Å². The molecule has 0 saturated carbocycles. The molecule has 1 amide bonds. The van der Waals surface area contributed by atoms with Gasteiger partial charge in [0.15, 0.2) is 5.76 Å². The molecule has 0 aromatic carbocycles. The molecule has 1 aromatic heterocycles. The van der Waals surface area contributed by atoms with Gasteiger partial charge in [0.25, 0.3) is 5.92 Å². The van der Waals surface area contributed by atoms with E-state index in [9.17, 15) is 13.6 Å². The average molecular weight is 245 g/mol. The van der Waals surface area contributed by atoms with Crippen LogP contribution in [0.2, 0.25) is 0 Å². The van der Waals surface area contributed by atoms with Crippen LogP contribution in [-0.4, -0.2) is 29.6 Å². The van der Waals surface area contributed by atoms with Crippen LogP contribution in [0.15, 0.2) is 10.6 Å². The number of hydrogen-bond donors (Lipinski definition) is 2. The first-order valence-corrected chi connectivity index (χ1v) is 5.27. The zero-order valence-corrected chi connectivity index (χ0v) is 9.30. The maximum atomic E-state index is 12.9. The topological polar surface area (TPSA) is 67.2 Å². The molecule has 0 bridgehead atoms. The number of nitrogens with one attached hydrogen (secondary N) is 2. The Morgan fingerprint density at radius 3 is 3.06 bits per heavy atom. The minimum atomic E-state index is -2.80. The Bertz CT molecular complexity index is 419. The molecule has 2 rings (SSSR count). The number of carbonyl (C=O) groups is 1. The molecular formula is C10H13F2N3O2. The van der Waals surface area contributed by atoms with Crippen molar-refractivity contribution in [1.29, 1.82) is 0 Å². The van der Waals surface area contributed by atoms with Gasteiger partial charge in [0, 0.05) is 12.5 Å². The highest BCUT2D eigenvalue weighted by atomic mass is 19.3. The predicted octanol–water partition coefficient (Wildman–Crippen LogP) is 0.596. The molecule has 17 heavy (non-hydrogen) atoms. The molecule has 2 heterocycles. The first-order valence-electron chi connectivity index (χ1n) is 5.27. The van der Waals surface area contributed by atoms with E-state index in [-0.39, 0.29) is 6.54 Å². The van der Waals surface area contributed by atoms with Crippen molar-refractivity contribution in [2.24, 2.45) is 0 Å². The molecular weight excluding hydrogens is 232 g/mol. The highest BCUT2D eigenvalue weighted by Crippen LogP contribution is 2.25. The number of carbonyl (C=O) groups excluding carboxylic acids is 1. The third-order valence-corrected chi connectivity index (χ3v) is 2.54. The Morgan fingerprint density at radius 1 is 1.76 bits per heavy atom. The quantitative estimate of drug-likeness (QED) is 0.818. The SMILES string of the molecule is Cc1cc(CNC(=O)C2CC(F)(F)CN2)on1. The Labute approximate surface area is 96.5 Å². The van der Waals surface area contributed by atoms with Gasteiger partial charge in [-0.25, -0.2) is 8.78 Å². The number of alkyl halides is 2. The van der Waals surface area contributed by atoms with Crippen LogP contribution >= 0.6 is 0 Å². The molecule has 1 aromatic rings. The second-order valence-corrected chi connectivity index (χ2v) is 4.15. The van der Waals surface area contributed by atoms with E-state index >= 15 is 0 Å². The summed E-state index contributed by atoms with van der Waals surface area (Å²) in [6, 6.07) is 0.839. The van der Waals surface area contributed by atoms with Gasteiger partial charge < -0.3 is 9.84 Å². The van der Waals surface area contributed by atoms with Crippen LogP contribution in [0, 0.1) is 6.92 Å². The van der Waals surface area contributed by atoms with Gasteiger partial charge in [-0.05, 0) is 6.92 Å². The van der Waals surface area contributed by atoms with Crippen molar-refractivity contribution >= 4 is 5.91 Å². The Balaban J connectivity index is 1.82. The third-order valence-electron chi connectivity index (χ3n) is 2.54. The zero-order valence-electron chi connectivity index (χ0n) is 9.30. The first-order chi connectivity index (χ1) is 7.96. The van der Waals surface area contributed by atoms with Crippen LogP contribution in [0.5, 0.6) is 0 Å². The van der Waals surface area contributed by atoms with Gasteiger partial charge in [0.1, 0.15) is 0 Å². The van der Waals surface area contributed by atoms with Crippen molar-refractivity contribution in [2.75, 3.05) is 6.54 Å². The fraction of sp³-hybridized carbons (Fsp3) is 0.600. The molecule has 0 radical (unpaired) electrons. The zero-order chi connectivity index (χ0) is 12.5. The van der Waals surface area contributed by atoms with Gasteiger partial charge in [0.2, 0.25) is 5.91 Å². The summed E-state index contributed by atoms with van der Waals surface area (Å²) in [7, 11) is 0. The Morgan fingerprint density at radius 2 is 2.53 bits per heavy atom. The molecule has 1 fully saturated rings. The largest absolute Gasteiger partial charge is 0.359 e. The molecule has 5 nitrogen and oxygen atoms in total. The van der Waals surface area contributed by atoms with Crippen molar-refractivity contribution < 1.29 is 18.1 Å². The van der Waals surface area contributed by atoms with Gasteiger partial charge in [-0.2, -0.15) is 0 Å². The summed E-state index contributed by atoms with van der Waals surface area (Å²) in [4.78, 5) is 11.5. The average Bonchev–Trinajstić information content (AvgIpc) is 2.81. The second kappa shape index (κ2) is 4.40. The first kappa shape index (κ1) is 12.0. The van der Waals surface area contributed by atoms with Crippen molar-refractivity contribution in [3.05, 3.63) is 17.5 Å². The molecule has 1 aliphatic rings. The van der Waals surface area contributed by atoms with E-state index in [1.807, 2.05) is 0 Å². The van der Waals surface area contributed by atoms with Crippen LogP contribution < -0.4 is 10.6 Å². The van der Waals surface area contributed by atoms with Crippen LogP contribution in [0.3, 0.4) is 0 Å². The maximum absolute atomic E-state index is 12.9. The number of aryl methyl sites for hydroxylation is 1. The smallest absolute Gasteiger partial charge is 0.262 e. The van der Waals surface area contributed by atoms with Crippen LogP contribution in [0.25, 0.3) is 0 Å². The van der Waals surface area contributed by atoms with Crippen molar-refractivity contribution in [2.45, 2.75) is 31.9 Å². The fourth-order valence-electron chi connectivity index (χ4n) is 1.70. The Hall–Kier alpha value is -1.50. The number of rotatable bonds is 3. The molecule has 1 aliphatic heterocycles. The molecule has 1 unspecified atom stereocenters. The van der Waals surface area contributed by atoms with Gasteiger partial charge in [-0.1, -0.05) is 5.16 Å². The predicted molar refractivity (Wildman–Crippen MR) is 54.4 cm³/mol. The second-order valence-electron chi connectivity index (χ2n) is 4.15. The van der Waals surface area contributed by atoms with E-state index in [2.05, 4.69) is 15.8 Å². The number of hydrogen-bond acceptors (Lipinski definition) is 4. The minimum Gasteiger partial charge on any atom is -0.359 e. The molecule has 0 spiro atoms. The van der Waals surface area contributed by atoms with E-state index in [0.717, 1.165) is 0 Å². The molecule has 2 N–H and O–H groups in total. The van der Waals surface area contributed by atoms with Gasteiger partial charge in [-0.15, -0.1) is 0 Å². The highest BCUT2D eigenvalue weighted by molar-refractivity contribution is 5.82. The molecule has 1 saturated heterocycles. The molecule has 0 aliphatic carbocycles. The lowest BCUT2D eigenvalue weighted by Crippen LogP contribution is -2.39. The standard InChI is InChI=1S/C10H13F2N3O2/c1-6-2-7(17-15-6)4-13-9(16)8-3-10(11,12)5-14-8/h2,8,14H,3-5H2,1H3,(H,13,16). The summed E-state index contributed by atoms with van der Waals surface area (Å²) >= 11 is 0.